The summed E-state index contributed by atoms with van der Waals surface area (Å²) in [6, 6.07) is 5.51. The SMILES string of the molecule is Cc1nsc(N)c1-c1nc(-c2ccccn2)no1. The number of hydrogen-bond acceptors (Lipinski definition) is 7. The molecule has 3 rings (SSSR count). The Labute approximate surface area is 107 Å². The fourth-order valence-corrected chi connectivity index (χ4v) is 2.22. The van der Waals surface area contributed by atoms with Gasteiger partial charge in [0.05, 0.1) is 11.3 Å². The monoisotopic (exact) mass is 259 g/mol. The van der Waals surface area contributed by atoms with Gasteiger partial charge >= 0.3 is 0 Å². The summed E-state index contributed by atoms with van der Waals surface area (Å²) in [6.07, 6.45) is 1.68. The van der Waals surface area contributed by atoms with E-state index in [1.54, 1.807) is 6.20 Å². The molecule has 0 aliphatic carbocycles. The summed E-state index contributed by atoms with van der Waals surface area (Å²) in [5, 5.41) is 4.47. The molecule has 7 heteroatoms. The third-order valence-corrected chi connectivity index (χ3v) is 3.19. The molecule has 0 saturated heterocycles. The highest BCUT2D eigenvalue weighted by atomic mass is 32.1. The van der Waals surface area contributed by atoms with Crippen LogP contribution in [-0.2, 0) is 0 Å². The number of hydrogen-bond donors (Lipinski definition) is 1. The van der Waals surface area contributed by atoms with Crippen molar-refractivity contribution in [2.75, 3.05) is 5.73 Å². The minimum absolute atomic E-state index is 0.374. The third-order valence-electron chi connectivity index (χ3n) is 2.42. The molecule has 0 bridgehead atoms. The van der Waals surface area contributed by atoms with Crippen LogP contribution in [0.1, 0.15) is 5.69 Å². The van der Waals surface area contributed by atoms with E-state index >= 15 is 0 Å². The van der Waals surface area contributed by atoms with E-state index in [9.17, 15) is 0 Å². The fraction of sp³-hybridized carbons (Fsp3) is 0.0909. The molecule has 0 saturated carbocycles. The van der Waals surface area contributed by atoms with Crippen molar-refractivity contribution in [1.82, 2.24) is 19.5 Å². The molecule has 18 heavy (non-hydrogen) atoms. The standard InChI is InChI=1S/C11H9N5OS/c1-6-8(9(12)18-16-6)11-14-10(15-17-11)7-4-2-3-5-13-7/h2-5H,12H2,1H3. The Morgan fingerprint density at radius 1 is 1.33 bits per heavy atom. The summed E-state index contributed by atoms with van der Waals surface area (Å²) in [5.74, 6) is 0.815. The van der Waals surface area contributed by atoms with Gasteiger partial charge in [-0.05, 0) is 30.6 Å². The Kier molecular flexibility index (Phi) is 2.52. The third kappa shape index (κ3) is 1.74. The Morgan fingerprint density at radius 3 is 2.89 bits per heavy atom. The molecular formula is C11H9N5OS. The summed E-state index contributed by atoms with van der Waals surface area (Å²) in [4.78, 5) is 8.45. The molecule has 0 fully saturated rings. The minimum atomic E-state index is 0.374. The van der Waals surface area contributed by atoms with Gasteiger partial charge in [0.15, 0.2) is 0 Å². The molecule has 0 radical (unpaired) electrons. The molecule has 90 valence electrons. The van der Waals surface area contributed by atoms with Crippen molar-refractivity contribution in [1.29, 1.82) is 0 Å². The fourth-order valence-electron chi connectivity index (χ4n) is 1.57. The molecule has 6 nitrogen and oxygen atoms in total. The zero-order chi connectivity index (χ0) is 12.5. The molecule has 0 atom stereocenters. The van der Waals surface area contributed by atoms with Crippen molar-refractivity contribution in [3.8, 4) is 23.0 Å². The van der Waals surface area contributed by atoms with Crippen molar-refractivity contribution in [3.05, 3.63) is 30.1 Å². The van der Waals surface area contributed by atoms with Crippen LogP contribution in [0.2, 0.25) is 0 Å². The average molecular weight is 259 g/mol. The number of nitrogens with zero attached hydrogens (tertiary/aromatic N) is 4. The predicted molar refractivity (Wildman–Crippen MR) is 67.8 cm³/mol. The van der Waals surface area contributed by atoms with Crippen LogP contribution in [0.15, 0.2) is 28.9 Å². The zero-order valence-electron chi connectivity index (χ0n) is 9.49. The Morgan fingerprint density at radius 2 is 2.22 bits per heavy atom. The van der Waals surface area contributed by atoms with E-state index in [0.717, 1.165) is 5.69 Å². The van der Waals surface area contributed by atoms with Gasteiger partial charge in [-0.2, -0.15) is 9.36 Å². The van der Waals surface area contributed by atoms with Crippen LogP contribution in [0.25, 0.3) is 23.0 Å². The molecule has 0 aliphatic rings. The van der Waals surface area contributed by atoms with E-state index in [0.29, 0.717) is 28.0 Å². The van der Waals surface area contributed by atoms with Crippen LogP contribution in [-0.4, -0.2) is 19.5 Å². The van der Waals surface area contributed by atoms with Crippen LogP contribution in [0.3, 0.4) is 0 Å². The van der Waals surface area contributed by atoms with Crippen LogP contribution < -0.4 is 5.73 Å². The normalized spacial score (nSPS) is 10.7. The van der Waals surface area contributed by atoms with Gasteiger partial charge in [-0.1, -0.05) is 11.2 Å². The van der Waals surface area contributed by atoms with Crippen molar-refractivity contribution < 1.29 is 4.52 Å². The van der Waals surface area contributed by atoms with Crippen LogP contribution >= 0.6 is 11.5 Å². The molecule has 0 aliphatic heterocycles. The molecule has 3 heterocycles. The van der Waals surface area contributed by atoms with E-state index in [-0.39, 0.29) is 0 Å². The maximum atomic E-state index is 5.83. The second-order valence-corrected chi connectivity index (χ2v) is 4.45. The van der Waals surface area contributed by atoms with Gasteiger partial charge in [0.25, 0.3) is 5.89 Å². The lowest BCUT2D eigenvalue weighted by atomic mass is 10.2. The topological polar surface area (TPSA) is 90.7 Å². The van der Waals surface area contributed by atoms with E-state index in [1.807, 2.05) is 25.1 Å². The first-order valence-corrected chi connectivity index (χ1v) is 6.00. The van der Waals surface area contributed by atoms with Gasteiger partial charge in [0.2, 0.25) is 5.82 Å². The Bertz CT molecular complexity index is 656. The number of aromatic nitrogens is 4. The summed E-state index contributed by atoms with van der Waals surface area (Å²) in [7, 11) is 0. The van der Waals surface area contributed by atoms with Crippen LogP contribution in [0.5, 0.6) is 0 Å². The van der Waals surface area contributed by atoms with E-state index in [2.05, 4.69) is 19.5 Å². The molecule has 3 aromatic rings. The lowest BCUT2D eigenvalue weighted by molar-refractivity contribution is 0.432. The van der Waals surface area contributed by atoms with Gasteiger partial charge in [-0.3, -0.25) is 4.98 Å². The van der Waals surface area contributed by atoms with E-state index in [1.165, 1.54) is 11.5 Å². The molecule has 0 aromatic carbocycles. The number of anilines is 1. The summed E-state index contributed by atoms with van der Waals surface area (Å²) in [6.45, 7) is 1.85. The molecule has 2 N–H and O–H groups in total. The first kappa shape index (κ1) is 10.8. The van der Waals surface area contributed by atoms with Crippen LogP contribution in [0.4, 0.5) is 5.00 Å². The van der Waals surface area contributed by atoms with Crippen molar-refractivity contribution >= 4 is 16.5 Å². The molecule has 0 amide bonds. The van der Waals surface area contributed by atoms with Gasteiger partial charge < -0.3 is 10.3 Å². The Hall–Kier alpha value is -2.28. The van der Waals surface area contributed by atoms with Crippen LogP contribution in [0, 0.1) is 6.92 Å². The lowest BCUT2D eigenvalue weighted by Crippen LogP contribution is -1.87. The lowest BCUT2D eigenvalue weighted by Gasteiger charge is -1.92. The minimum Gasteiger partial charge on any atom is -0.389 e. The van der Waals surface area contributed by atoms with Crippen molar-refractivity contribution in [2.24, 2.45) is 0 Å². The maximum Gasteiger partial charge on any atom is 0.263 e. The van der Waals surface area contributed by atoms with Gasteiger partial charge in [-0.15, -0.1) is 0 Å². The van der Waals surface area contributed by atoms with Crippen molar-refractivity contribution in [2.45, 2.75) is 6.92 Å². The highest BCUT2D eigenvalue weighted by Gasteiger charge is 2.18. The molecular weight excluding hydrogens is 250 g/mol. The first-order chi connectivity index (χ1) is 8.75. The van der Waals surface area contributed by atoms with E-state index < -0.39 is 0 Å². The second-order valence-electron chi connectivity index (χ2n) is 3.65. The smallest absolute Gasteiger partial charge is 0.263 e. The van der Waals surface area contributed by atoms with Gasteiger partial charge in [-0.25, -0.2) is 0 Å². The highest BCUT2D eigenvalue weighted by Crippen LogP contribution is 2.31. The predicted octanol–water partition coefficient (Wildman–Crippen LogP) is 2.15. The average Bonchev–Trinajstić information content (AvgIpc) is 2.98. The van der Waals surface area contributed by atoms with Crippen molar-refractivity contribution in [3.63, 3.8) is 0 Å². The number of rotatable bonds is 2. The number of nitrogens with two attached hydrogens (primary N) is 1. The number of pyridine rings is 1. The molecule has 3 aromatic heterocycles. The highest BCUT2D eigenvalue weighted by molar-refractivity contribution is 7.10. The molecule has 0 spiro atoms. The number of aryl methyl sites for hydroxylation is 1. The summed E-state index contributed by atoms with van der Waals surface area (Å²) >= 11 is 1.22. The number of nitrogen functional groups attached to an aromatic ring is 1. The first-order valence-electron chi connectivity index (χ1n) is 5.23. The summed E-state index contributed by atoms with van der Waals surface area (Å²) in [5.41, 5.74) is 7.98. The Balaban J connectivity index is 2.05. The van der Waals surface area contributed by atoms with E-state index in [4.69, 9.17) is 10.3 Å². The quantitative estimate of drug-likeness (QED) is 0.758. The zero-order valence-corrected chi connectivity index (χ0v) is 10.3. The maximum absolute atomic E-state index is 5.83. The summed E-state index contributed by atoms with van der Waals surface area (Å²) < 4.78 is 9.36. The molecule has 0 unspecified atom stereocenters. The largest absolute Gasteiger partial charge is 0.389 e. The van der Waals surface area contributed by atoms with Gasteiger partial charge in [0.1, 0.15) is 10.7 Å². The second kappa shape index (κ2) is 4.19. The van der Waals surface area contributed by atoms with Gasteiger partial charge in [0, 0.05) is 6.20 Å².